The topological polar surface area (TPSA) is 83.2 Å². The van der Waals surface area contributed by atoms with E-state index in [9.17, 15) is 0 Å². The van der Waals surface area contributed by atoms with Crippen LogP contribution in [-0.2, 0) is 19.5 Å². The molecule has 1 fully saturated rings. The second-order valence-corrected chi connectivity index (χ2v) is 7.65. The second-order valence-electron chi connectivity index (χ2n) is 7.65. The highest BCUT2D eigenvalue weighted by Crippen LogP contribution is 2.16. The molecule has 0 aliphatic carbocycles. The van der Waals surface area contributed by atoms with Gasteiger partial charge in [0.05, 0.1) is 6.54 Å². The van der Waals surface area contributed by atoms with Crippen molar-refractivity contribution in [2.75, 3.05) is 37.2 Å². The summed E-state index contributed by atoms with van der Waals surface area (Å²) in [6.45, 7) is 7.85. The third-order valence-electron chi connectivity index (χ3n) is 5.40. The first-order valence-corrected chi connectivity index (χ1v) is 10.5. The Labute approximate surface area is 178 Å². The average Bonchev–Trinajstić information content (AvgIpc) is 2.76. The number of aromatic nitrogens is 3. The van der Waals surface area contributed by atoms with Gasteiger partial charge in [0.1, 0.15) is 5.82 Å². The van der Waals surface area contributed by atoms with Gasteiger partial charge in [-0.2, -0.15) is 15.0 Å². The number of rotatable bonds is 7. The van der Waals surface area contributed by atoms with Crippen LogP contribution in [-0.4, -0.2) is 50.9 Å². The maximum atomic E-state index is 5.94. The molecule has 1 aliphatic rings. The van der Waals surface area contributed by atoms with Gasteiger partial charge in [0.15, 0.2) is 0 Å². The number of nitrogen functional groups attached to an aromatic ring is 1. The van der Waals surface area contributed by atoms with Gasteiger partial charge in [-0.15, -0.1) is 0 Å². The molecule has 0 amide bonds. The molecule has 1 saturated heterocycles. The van der Waals surface area contributed by atoms with Gasteiger partial charge in [-0.3, -0.25) is 9.80 Å². The Morgan fingerprint density at radius 1 is 0.800 bits per heavy atom. The molecule has 2 aromatic carbocycles. The van der Waals surface area contributed by atoms with Crippen molar-refractivity contribution in [2.45, 2.75) is 26.4 Å². The highest BCUT2D eigenvalue weighted by atomic mass is 15.3. The van der Waals surface area contributed by atoms with Gasteiger partial charge in [-0.1, -0.05) is 49.4 Å². The molecule has 7 nitrogen and oxygen atoms in total. The number of anilines is 3. The number of hydrogen-bond acceptors (Lipinski definition) is 7. The fourth-order valence-electron chi connectivity index (χ4n) is 3.66. The summed E-state index contributed by atoms with van der Waals surface area (Å²) in [5, 5.41) is 3.24. The van der Waals surface area contributed by atoms with Gasteiger partial charge in [-0.25, -0.2) is 0 Å². The Balaban J connectivity index is 1.33. The van der Waals surface area contributed by atoms with Gasteiger partial charge < -0.3 is 11.1 Å². The number of aryl methyl sites for hydroxylation is 1. The summed E-state index contributed by atoms with van der Waals surface area (Å²) in [5.74, 6) is 1.44. The van der Waals surface area contributed by atoms with Crippen LogP contribution in [0.25, 0.3) is 0 Å². The van der Waals surface area contributed by atoms with Crippen LogP contribution in [0.2, 0.25) is 0 Å². The Morgan fingerprint density at radius 2 is 1.47 bits per heavy atom. The lowest BCUT2D eigenvalue weighted by atomic mass is 10.1. The monoisotopic (exact) mass is 403 g/mol. The fraction of sp³-hybridized carbons (Fsp3) is 0.348. The number of nitrogens with one attached hydrogen (secondary N) is 1. The van der Waals surface area contributed by atoms with Crippen molar-refractivity contribution in [3.05, 3.63) is 71.5 Å². The minimum Gasteiger partial charge on any atom is -0.368 e. The maximum absolute atomic E-state index is 5.94. The van der Waals surface area contributed by atoms with Crippen LogP contribution in [0.1, 0.15) is 23.9 Å². The third kappa shape index (κ3) is 5.52. The average molecular weight is 404 g/mol. The predicted molar refractivity (Wildman–Crippen MR) is 120 cm³/mol. The summed E-state index contributed by atoms with van der Waals surface area (Å²) >= 11 is 0. The quantitative estimate of drug-likeness (QED) is 0.627. The van der Waals surface area contributed by atoms with Crippen LogP contribution in [0.4, 0.5) is 17.6 Å². The van der Waals surface area contributed by atoms with Crippen LogP contribution in [0.15, 0.2) is 54.6 Å². The summed E-state index contributed by atoms with van der Waals surface area (Å²) < 4.78 is 0. The van der Waals surface area contributed by atoms with Gasteiger partial charge in [-0.05, 0) is 29.7 Å². The van der Waals surface area contributed by atoms with E-state index in [1.807, 2.05) is 12.1 Å². The molecule has 156 valence electrons. The normalized spacial score (nSPS) is 15.2. The molecule has 2 heterocycles. The van der Waals surface area contributed by atoms with E-state index in [1.165, 1.54) is 11.1 Å². The Bertz CT molecular complexity index is 936. The SMILES string of the molecule is CCc1ccc(Nc2nc(N)nc(CN3CCN(Cc4ccccc4)CC3)n2)cc1. The molecule has 0 unspecified atom stereocenters. The summed E-state index contributed by atoms with van der Waals surface area (Å²) in [7, 11) is 0. The number of nitrogens with zero attached hydrogens (tertiary/aromatic N) is 5. The highest BCUT2D eigenvalue weighted by molar-refractivity contribution is 5.54. The molecular weight excluding hydrogens is 374 g/mol. The van der Waals surface area contributed by atoms with E-state index in [0.717, 1.165) is 44.8 Å². The zero-order chi connectivity index (χ0) is 20.8. The van der Waals surface area contributed by atoms with E-state index < -0.39 is 0 Å². The number of nitrogens with two attached hydrogens (primary N) is 1. The molecule has 1 aromatic heterocycles. The molecule has 0 saturated carbocycles. The molecule has 0 radical (unpaired) electrons. The van der Waals surface area contributed by atoms with Gasteiger partial charge in [0, 0.05) is 38.4 Å². The largest absolute Gasteiger partial charge is 0.368 e. The Morgan fingerprint density at radius 3 is 2.13 bits per heavy atom. The molecule has 3 N–H and O–H groups in total. The summed E-state index contributed by atoms with van der Waals surface area (Å²) in [5.41, 5.74) is 9.54. The van der Waals surface area contributed by atoms with Crippen molar-refractivity contribution < 1.29 is 0 Å². The first kappa shape index (κ1) is 20.3. The van der Waals surface area contributed by atoms with Crippen molar-refractivity contribution in [1.82, 2.24) is 24.8 Å². The van der Waals surface area contributed by atoms with Gasteiger partial charge in [0.2, 0.25) is 11.9 Å². The molecule has 30 heavy (non-hydrogen) atoms. The summed E-state index contributed by atoms with van der Waals surface area (Å²) in [6, 6.07) is 18.9. The lowest BCUT2D eigenvalue weighted by Gasteiger charge is -2.34. The molecule has 1 aliphatic heterocycles. The molecule has 0 bridgehead atoms. The number of hydrogen-bond donors (Lipinski definition) is 2. The molecule has 7 heteroatoms. The van der Waals surface area contributed by atoms with Crippen molar-refractivity contribution in [3.8, 4) is 0 Å². The van der Waals surface area contributed by atoms with Crippen LogP contribution in [0, 0.1) is 0 Å². The van der Waals surface area contributed by atoms with Crippen molar-refractivity contribution in [3.63, 3.8) is 0 Å². The molecule has 4 rings (SSSR count). The molecular formula is C23H29N7. The van der Waals surface area contributed by atoms with Crippen molar-refractivity contribution in [1.29, 1.82) is 0 Å². The van der Waals surface area contributed by atoms with E-state index in [0.29, 0.717) is 18.3 Å². The van der Waals surface area contributed by atoms with Crippen LogP contribution < -0.4 is 11.1 Å². The lowest BCUT2D eigenvalue weighted by molar-refractivity contribution is 0.120. The second kappa shape index (κ2) is 9.65. The number of benzene rings is 2. The smallest absolute Gasteiger partial charge is 0.232 e. The minimum atomic E-state index is 0.246. The minimum absolute atomic E-state index is 0.246. The molecule has 0 atom stereocenters. The van der Waals surface area contributed by atoms with E-state index in [-0.39, 0.29) is 5.95 Å². The van der Waals surface area contributed by atoms with E-state index >= 15 is 0 Å². The zero-order valence-corrected chi connectivity index (χ0v) is 17.5. The van der Waals surface area contributed by atoms with Crippen LogP contribution >= 0.6 is 0 Å². The van der Waals surface area contributed by atoms with E-state index in [1.54, 1.807) is 0 Å². The van der Waals surface area contributed by atoms with Gasteiger partial charge >= 0.3 is 0 Å². The zero-order valence-electron chi connectivity index (χ0n) is 17.5. The van der Waals surface area contributed by atoms with Crippen molar-refractivity contribution in [2.24, 2.45) is 0 Å². The maximum Gasteiger partial charge on any atom is 0.232 e. The fourth-order valence-corrected chi connectivity index (χ4v) is 3.66. The van der Waals surface area contributed by atoms with Crippen LogP contribution in [0.5, 0.6) is 0 Å². The van der Waals surface area contributed by atoms with Crippen LogP contribution in [0.3, 0.4) is 0 Å². The molecule has 3 aromatic rings. The van der Waals surface area contributed by atoms with Crippen molar-refractivity contribution >= 4 is 17.6 Å². The first-order chi connectivity index (χ1) is 14.7. The Kier molecular flexibility index (Phi) is 6.51. The predicted octanol–water partition coefficient (Wildman–Crippen LogP) is 3.08. The first-order valence-electron chi connectivity index (χ1n) is 10.5. The van der Waals surface area contributed by atoms with Gasteiger partial charge in [0.25, 0.3) is 0 Å². The Hall–Kier alpha value is -3.03. The third-order valence-corrected chi connectivity index (χ3v) is 5.40. The summed E-state index contributed by atoms with van der Waals surface area (Å²) in [4.78, 5) is 18.0. The summed E-state index contributed by atoms with van der Waals surface area (Å²) in [6.07, 6.45) is 1.02. The van der Waals surface area contributed by atoms with E-state index in [4.69, 9.17) is 5.73 Å². The molecule has 0 spiro atoms. The van der Waals surface area contributed by atoms with E-state index in [2.05, 4.69) is 79.5 Å². The standard InChI is InChI=1S/C23H29N7/c1-2-18-8-10-20(11-9-18)25-23-27-21(26-22(24)28-23)17-30-14-12-29(13-15-30)16-19-6-4-3-5-7-19/h3-11H,2,12-17H2,1H3,(H3,24,25,26,27,28). The number of piperazine rings is 1. The highest BCUT2D eigenvalue weighted by Gasteiger charge is 2.18. The lowest BCUT2D eigenvalue weighted by Crippen LogP contribution is -2.45.